The zero-order valence-electron chi connectivity index (χ0n) is 9.54. The van der Waals surface area contributed by atoms with Crippen LogP contribution in [0.4, 0.5) is 0 Å². The highest BCUT2D eigenvalue weighted by Gasteiger charge is 2.37. The summed E-state index contributed by atoms with van der Waals surface area (Å²) in [5.41, 5.74) is 0. The van der Waals surface area contributed by atoms with E-state index in [0.717, 1.165) is 18.0 Å². The van der Waals surface area contributed by atoms with E-state index >= 15 is 0 Å². The molecule has 3 saturated heterocycles. The van der Waals surface area contributed by atoms with Crippen LogP contribution in [0.15, 0.2) is 0 Å². The summed E-state index contributed by atoms with van der Waals surface area (Å²) in [6.45, 7) is 6.33. The number of hydrogen-bond acceptors (Lipinski definition) is 3. The minimum Gasteiger partial charge on any atom is -0.317 e. The van der Waals surface area contributed by atoms with E-state index < -0.39 is 0 Å². The standard InChI is InChI=1S/C12H23N3/c1-2-12-8-14-7-11(1)15(12)9-10-3-5-13-6-4-10/h10-14H,1-9H2. The average Bonchev–Trinajstić information content (AvgIpc) is 2.53. The van der Waals surface area contributed by atoms with Crippen LogP contribution < -0.4 is 10.6 Å². The molecule has 0 radical (unpaired) electrons. The van der Waals surface area contributed by atoms with Crippen LogP contribution in [0.3, 0.4) is 0 Å². The maximum Gasteiger partial charge on any atom is 0.0224 e. The second-order valence-corrected chi connectivity index (χ2v) is 5.43. The smallest absolute Gasteiger partial charge is 0.0224 e. The molecule has 3 aliphatic rings. The van der Waals surface area contributed by atoms with Crippen molar-refractivity contribution in [2.24, 2.45) is 5.92 Å². The zero-order chi connectivity index (χ0) is 10.1. The van der Waals surface area contributed by atoms with E-state index in [2.05, 4.69) is 15.5 Å². The largest absolute Gasteiger partial charge is 0.317 e. The molecule has 0 amide bonds. The molecule has 3 nitrogen and oxygen atoms in total. The molecular weight excluding hydrogens is 186 g/mol. The highest BCUT2D eigenvalue weighted by molar-refractivity contribution is 4.95. The van der Waals surface area contributed by atoms with Crippen molar-refractivity contribution in [2.75, 3.05) is 32.7 Å². The van der Waals surface area contributed by atoms with Crippen LogP contribution in [0.2, 0.25) is 0 Å². The molecule has 3 rings (SSSR count). The van der Waals surface area contributed by atoms with Gasteiger partial charge in [-0.05, 0) is 44.7 Å². The molecule has 3 aliphatic heterocycles. The number of piperazine rings is 1. The van der Waals surface area contributed by atoms with Crippen molar-refractivity contribution in [1.29, 1.82) is 0 Å². The van der Waals surface area contributed by atoms with Gasteiger partial charge in [-0.25, -0.2) is 0 Å². The summed E-state index contributed by atoms with van der Waals surface area (Å²) in [6.07, 6.45) is 5.65. The van der Waals surface area contributed by atoms with Gasteiger partial charge >= 0.3 is 0 Å². The van der Waals surface area contributed by atoms with Gasteiger partial charge < -0.3 is 10.6 Å². The third-order valence-electron chi connectivity index (χ3n) is 4.46. The van der Waals surface area contributed by atoms with Gasteiger partial charge in [-0.15, -0.1) is 0 Å². The van der Waals surface area contributed by atoms with Gasteiger partial charge in [0.25, 0.3) is 0 Å². The molecule has 2 N–H and O–H groups in total. The fraction of sp³-hybridized carbons (Fsp3) is 1.00. The Morgan fingerprint density at radius 2 is 1.53 bits per heavy atom. The summed E-state index contributed by atoms with van der Waals surface area (Å²) in [5.74, 6) is 0.965. The molecule has 2 unspecified atom stereocenters. The van der Waals surface area contributed by atoms with Gasteiger partial charge in [0.2, 0.25) is 0 Å². The van der Waals surface area contributed by atoms with Gasteiger partial charge in [-0.1, -0.05) is 0 Å². The first-order valence-corrected chi connectivity index (χ1v) is 6.60. The second kappa shape index (κ2) is 4.40. The molecule has 3 heterocycles. The van der Waals surface area contributed by atoms with E-state index in [1.165, 1.54) is 58.4 Å². The molecule has 2 atom stereocenters. The molecule has 15 heavy (non-hydrogen) atoms. The Kier molecular flexibility index (Phi) is 2.95. The normalized spacial score (nSPS) is 38.4. The van der Waals surface area contributed by atoms with Gasteiger partial charge in [-0.3, -0.25) is 4.90 Å². The lowest BCUT2D eigenvalue weighted by Crippen LogP contribution is -2.53. The highest BCUT2D eigenvalue weighted by Crippen LogP contribution is 2.28. The number of piperidine rings is 1. The summed E-state index contributed by atoms with van der Waals surface area (Å²) in [6, 6.07) is 1.72. The lowest BCUT2D eigenvalue weighted by atomic mass is 9.96. The van der Waals surface area contributed by atoms with E-state index in [4.69, 9.17) is 0 Å². The first-order chi connectivity index (χ1) is 7.43. The van der Waals surface area contributed by atoms with E-state index in [1.807, 2.05) is 0 Å². The van der Waals surface area contributed by atoms with Gasteiger partial charge in [0.1, 0.15) is 0 Å². The van der Waals surface area contributed by atoms with Crippen molar-refractivity contribution in [3.05, 3.63) is 0 Å². The van der Waals surface area contributed by atoms with E-state index in [9.17, 15) is 0 Å². The molecule has 0 aliphatic carbocycles. The molecule has 0 aromatic rings. The lowest BCUT2D eigenvalue weighted by Gasteiger charge is -2.38. The van der Waals surface area contributed by atoms with Crippen LogP contribution in [0, 0.1) is 5.92 Å². The third kappa shape index (κ3) is 2.05. The van der Waals surface area contributed by atoms with Gasteiger partial charge in [-0.2, -0.15) is 0 Å². The highest BCUT2D eigenvalue weighted by atomic mass is 15.3. The summed E-state index contributed by atoms with van der Waals surface area (Å²) in [4.78, 5) is 2.81. The number of fused-ring (bicyclic) bond motifs is 2. The molecule has 86 valence electrons. The van der Waals surface area contributed by atoms with Crippen molar-refractivity contribution in [2.45, 2.75) is 37.8 Å². The van der Waals surface area contributed by atoms with Gasteiger partial charge in [0.15, 0.2) is 0 Å². The van der Waals surface area contributed by atoms with Crippen LogP contribution in [0.25, 0.3) is 0 Å². The van der Waals surface area contributed by atoms with Crippen molar-refractivity contribution in [3.63, 3.8) is 0 Å². The maximum atomic E-state index is 3.56. The summed E-state index contributed by atoms with van der Waals surface area (Å²) < 4.78 is 0. The minimum atomic E-state index is 0.860. The number of rotatable bonds is 2. The maximum absolute atomic E-state index is 3.56. The minimum absolute atomic E-state index is 0.860. The molecule has 0 aromatic heterocycles. The van der Waals surface area contributed by atoms with Crippen molar-refractivity contribution in [3.8, 4) is 0 Å². The Bertz CT molecular complexity index is 197. The van der Waals surface area contributed by atoms with E-state index in [-0.39, 0.29) is 0 Å². The Balaban J connectivity index is 1.57. The third-order valence-corrected chi connectivity index (χ3v) is 4.46. The summed E-state index contributed by atoms with van der Waals surface area (Å²) >= 11 is 0. The molecule has 0 spiro atoms. The Morgan fingerprint density at radius 3 is 2.20 bits per heavy atom. The monoisotopic (exact) mass is 209 g/mol. The van der Waals surface area contributed by atoms with Crippen molar-refractivity contribution < 1.29 is 0 Å². The SMILES string of the molecule is C1CC(CN2C3CCC2CNC3)CCN1. The van der Waals surface area contributed by atoms with Gasteiger partial charge in [0.05, 0.1) is 0 Å². The Hall–Kier alpha value is -0.120. The van der Waals surface area contributed by atoms with Crippen LogP contribution in [-0.4, -0.2) is 49.7 Å². The zero-order valence-corrected chi connectivity index (χ0v) is 9.54. The molecule has 0 aromatic carbocycles. The second-order valence-electron chi connectivity index (χ2n) is 5.43. The number of nitrogens with one attached hydrogen (secondary N) is 2. The predicted octanol–water partition coefficient (Wildman–Crippen LogP) is 0.422. The lowest BCUT2D eigenvalue weighted by molar-refractivity contribution is 0.119. The quantitative estimate of drug-likeness (QED) is 0.690. The predicted molar refractivity (Wildman–Crippen MR) is 62.0 cm³/mol. The summed E-state index contributed by atoms with van der Waals surface area (Å²) in [5, 5.41) is 7.02. The van der Waals surface area contributed by atoms with Crippen LogP contribution in [0.1, 0.15) is 25.7 Å². The average molecular weight is 209 g/mol. The molecule has 2 bridgehead atoms. The topological polar surface area (TPSA) is 27.3 Å². The Labute approximate surface area is 92.6 Å². The van der Waals surface area contributed by atoms with Crippen molar-refractivity contribution >= 4 is 0 Å². The van der Waals surface area contributed by atoms with Crippen LogP contribution in [0.5, 0.6) is 0 Å². The molecule has 3 heteroatoms. The number of nitrogens with zero attached hydrogens (tertiary/aromatic N) is 1. The first kappa shape index (κ1) is 10.1. The first-order valence-electron chi connectivity index (χ1n) is 6.60. The summed E-state index contributed by atoms with van der Waals surface area (Å²) in [7, 11) is 0. The van der Waals surface area contributed by atoms with E-state index in [1.54, 1.807) is 0 Å². The molecular formula is C12H23N3. The Morgan fingerprint density at radius 1 is 0.867 bits per heavy atom. The van der Waals surface area contributed by atoms with Crippen LogP contribution >= 0.6 is 0 Å². The molecule has 0 saturated carbocycles. The van der Waals surface area contributed by atoms with Gasteiger partial charge in [0, 0.05) is 31.7 Å². The molecule has 3 fully saturated rings. The fourth-order valence-electron chi connectivity index (χ4n) is 3.53. The van der Waals surface area contributed by atoms with Crippen molar-refractivity contribution in [1.82, 2.24) is 15.5 Å². The van der Waals surface area contributed by atoms with E-state index in [0.29, 0.717) is 0 Å². The number of hydrogen-bond donors (Lipinski definition) is 2. The van der Waals surface area contributed by atoms with Crippen LogP contribution in [-0.2, 0) is 0 Å². The fourth-order valence-corrected chi connectivity index (χ4v) is 3.53.